The summed E-state index contributed by atoms with van der Waals surface area (Å²) >= 11 is 0. The van der Waals surface area contributed by atoms with Gasteiger partial charge in [-0.15, -0.1) is 0 Å². The van der Waals surface area contributed by atoms with Crippen molar-refractivity contribution in [2.45, 2.75) is 26.8 Å². The molecular formula is C17H19NO. The van der Waals surface area contributed by atoms with Crippen LogP contribution in [0.25, 0.3) is 0 Å². The van der Waals surface area contributed by atoms with Gasteiger partial charge in [0.15, 0.2) is 5.78 Å². The molecule has 0 atom stereocenters. The van der Waals surface area contributed by atoms with E-state index in [-0.39, 0.29) is 5.78 Å². The number of carbonyl (C=O) groups is 1. The summed E-state index contributed by atoms with van der Waals surface area (Å²) in [7, 11) is 0. The van der Waals surface area contributed by atoms with Gasteiger partial charge in [0.2, 0.25) is 0 Å². The van der Waals surface area contributed by atoms with Crippen LogP contribution in [0.5, 0.6) is 0 Å². The minimum Gasteiger partial charge on any atom is -0.382 e. The van der Waals surface area contributed by atoms with Crippen molar-refractivity contribution in [2.75, 3.05) is 5.32 Å². The van der Waals surface area contributed by atoms with Crippen molar-refractivity contribution in [2.24, 2.45) is 0 Å². The first-order chi connectivity index (χ1) is 9.08. The van der Waals surface area contributed by atoms with Gasteiger partial charge in [-0.25, -0.2) is 0 Å². The lowest BCUT2D eigenvalue weighted by atomic mass is 10.00. The van der Waals surface area contributed by atoms with Gasteiger partial charge in [0.1, 0.15) is 0 Å². The Kier molecular flexibility index (Phi) is 4.00. The Morgan fingerprint density at radius 1 is 1.05 bits per heavy atom. The summed E-state index contributed by atoms with van der Waals surface area (Å²) in [5, 5.41) is 3.32. The molecule has 2 rings (SSSR count). The van der Waals surface area contributed by atoms with E-state index >= 15 is 0 Å². The molecule has 0 spiro atoms. The van der Waals surface area contributed by atoms with Gasteiger partial charge in [0.05, 0.1) is 0 Å². The molecule has 0 aliphatic rings. The summed E-state index contributed by atoms with van der Waals surface area (Å²) in [4.78, 5) is 12.6. The first-order valence-corrected chi connectivity index (χ1v) is 6.55. The average molecular weight is 253 g/mol. The van der Waals surface area contributed by atoms with Crippen molar-refractivity contribution in [3.05, 3.63) is 65.2 Å². The number of rotatable bonds is 4. The molecule has 19 heavy (non-hydrogen) atoms. The fourth-order valence-electron chi connectivity index (χ4n) is 2.06. The van der Waals surface area contributed by atoms with Crippen molar-refractivity contribution in [3.63, 3.8) is 0 Å². The lowest BCUT2D eigenvalue weighted by Gasteiger charge is -2.14. The van der Waals surface area contributed by atoms with Gasteiger partial charge in [-0.05, 0) is 39.0 Å². The van der Waals surface area contributed by atoms with Crippen LogP contribution in [-0.2, 0) is 0 Å². The summed E-state index contributed by atoms with van der Waals surface area (Å²) < 4.78 is 0. The van der Waals surface area contributed by atoms with Crippen molar-refractivity contribution in [3.8, 4) is 0 Å². The molecule has 0 saturated heterocycles. The lowest BCUT2D eigenvalue weighted by Crippen LogP contribution is -2.14. The van der Waals surface area contributed by atoms with Crippen molar-refractivity contribution < 1.29 is 4.79 Å². The maximum atomic E-state index is 12.6. The number of para-hydroxylation sites is 1. The third kappa shape index (κ3) is 3.22. The van der Waals surface area contributed by atoms with Crippen molar-refractivity contribution in [1.82, 2.24) is 0 Å². The van der Waals surface area contributed by atoms with Gasteiger partial charge in [0, 0.05) is 22.9 Å². The maximum Gasteiger partial charge on any atom is 0.195 e. The summed E-state index contributed by atoms with van der Waals surface area (Å²) in [6.07, 6.45) is 0. The molecular weight excluding hydrogens is 234 g/mol. The topological polar surface area (TPSA) is 29.1 Å². The number of nitrogens with one attached hydrogen (secondary N) is 1. The fraction of sp³-hybridized carbons (Fsp3) is 0.235. The molecule has 0 fully saturated rings. The Morgan fingerprint density at radius 3 is 2.47 bits per heavy atom. The first-order valence-electron chi connectivity index (χ1n) is 6.55. The molecule has 0 aliphatic heterocycles. The van der Waals surface area contributed by atoms with Gasteiger partial charge in [-0.2, -0.15) is 0 Å². The van der Waals surface area contributed by atoms with Crippen LogP contribution in [0.15, 0.2) is 48.5 Å². The molecule has 0 radical (unpaired) electrons. The smallest absolute Gasteiger partial charge is 0.195 e. The van der Waals surface area contributed by atoms with E-state index in [0.29, 0.717) is 6.04 Å². The van der Waals surface area contributed by atoms with E-state index in [1.807, 2.05) is 55.5 Å². The second-order valence-electron chi connectivity index (χ2n) is 5.04. The van der Waals surface area contributed by atoms with E-state index in [1.165, 1.54) is 0 Å². The molecule has 0 heterocycles. The predicted molar refractivity (Wildman–Crippen MR) is 79.8 cm³/mol. The largest absolute Gasteiger partial charge is 0.382 e. The molecule has 0 aliphatic carbocycles. The summed E-state index contributed by atoms with van der Waals surface area (Å²) in [6.45, 7) is 6.12. The molecule has 2 heteroatoms. The molecule has 0 amide bonds. The van der Waals surface area contributed by atoms with Crippen molar-refractivity contribution >= 4 is 11.5 Å². The zero-order valence-corrected chi connectivity index (χ0v) is 11.6. The zero-order chi connectivity index (χ0) is 13.8. The van der Waals surface area contributed by atoms with Gasteiger partial charge < -0.3 is 5.32 Å². The molecule has 0 saturated carbocycles. The Balaban J connectivity index is 2.39. The normalized spacial score (nSPS) is 10.5. The molecule has 2 aromatic rings. The van der Waals surface area contributed by atoms with Crippen LogP contribution in [0.2, 0.25) is 0 Å². The minimum atomic E-state index is 0.0625. The molecule has 0 unspecified atom stereocenters. The Morgan fingerprint density at radius 2 is 1.79 bits per heavy atom. The van der Waals surface area contributed by atoms with E-state index in [4.69, 9.17) is 0 Å². The quantitative estimate of drug-likeness (QED) is 0.833. The van der Waals surface area contributed by atoms with Gasteiger partial charge >= 0.3 is 0 Å². The molecule has 0 aromatic heterocycles. The first kappa shape index (κ1) is 13.3. The number of ketones is 1. The van der Waals surface area contributed by atoms with Crippen LogP contribution in [0.3, 0.4) is 0 Å². The van der Waals surface area contributed by atoms with Gasteiger partial charge in [-0.3, -0.25) is 4.79 Å². The number of aryl methyl sites for hydroxylation is 1. The van der Waals surface area contributed by atoms with E-state index in [0.717, 1.165) is 22.4 Å². The molecule has 2 nitrogen and oxygen atoms in total. The van der Waals surface area contributed by atoms with Crippen LogP contribution >= 0.6 is 0 Å². The molecule has 2 aromatic carbocycles. The van der Waals surface area contributed by atoms with E-state index < -0.39 is 0 Å². The van der Waals surface area contributed by atoms with Crippen molar-refractivity contribution in [1.29, 1.82) is 0 Å². The minimum absolute atomic E-state index is 0.0625. The number of benzene rings is 2. The van der Waals surface area contributed by atoms with Gasteiger partial charge in [-0.1, -0.05) is 35.9 Å². The number of hydrogen-bond acceptors (Lipinski definition) is 2. The highest BCUT2D eigenvalue weighted by Gasteiger charge is 2.13. The standard InChI is InChI=1S/C17H19NO/c1-12(2)18-16-10-5-4-9-15(16)17(19)14-8-6-7-13(3)11-14/h4-12,18H,1-3H3. The third-order valence-electron chi connectivity index (χ3n) is 2.90. The monoisotopic (exact) mass is 253 g/mol. The molecule has 1 N–H and O–H groups in total. The second kappa shape index (κ2) is 5.70. The Bertz CT molecular complexity index is 587. The predicted octanol–water partition coefficient (Wildman–Crippen LogP) is 4.05. The summed E-state index contributed by atoms with van der Waals surface area (Å²) in [5.41, 5.74) is 3.45. The number of anilines is 1. The number of carbonyl (C=O) groups excluding carboxylic acids is 1. The molecule has 98 valence electrons. The Labute approximate surface area is 114 Å². The highest BCUT2D eigenvalue weighted by Crippen LogP contribution is 2.20. The van der Waals surface area contributed by atoms with Gasteiger partial charge in [0.25, 0.3) is 0 Å². The van der Waals surface area contributed by atoms with E-state index in [1.54, 1.807) is 0 Å². The van der Waals surface area contributed by atoms with E-state index in [2.05, 4.69) is 19.2 Å². The van der Waals surface area contributed by atoms with Crippen LogP contribution in [0.4, 0.5) is 5.69 Å². The maximum absolute atomic E-state index is 12.6. The SMILES string of the molecule is Cc1cccc(C(=O)c2ccccc2NC(C)C)c1. The second-order valence-corrected chi connectivity index (χ2v) is 5.04. The van der Waals surface area contributed by atoms with E-state index in [9.17, 15) is 4.79 Å². The zero-order valence-electron chi connectivity index (χ0n) is 11.6. The fourth-order valence-corrected chi connectivity index (χ4v) is 2.06. The highest BCUT2D eigenvalue weighted by molar-refractivity contribution is 6.12. The summed E-state index contributed by atoms with van der Waals surface area (Å²) in [6, 6.07) is 15.7. The third-order valence-corrected chi connectivity index (χ3v) is 2.90. The van der Waals surface area contributed by atoms with Crippen LogP contribution < -0.4 is 5.32 Å². The highest BCUT2D eigenvalue weighted by atomic mass is 16.1. The lowest BCUT2D eigenvalue weighted by molar-refractivity contribution is 0.103. The van der Waals surface area contributed by atoms with Crippen LogP contribution in [0, 0.1) is 6.92 Å². The average Bonchev–Trinajstić information content (AvgIpc) is 2.38. The number of hydrogen-bond donors (Lipinski definition) is 1. The van der Waals surface area contributed by atoms with Crippen LogP contribution in [0.1, 0.15) is 35.3 Å². The summed E-state index contributed by atoms with van der Waals surface area (Å²) in [5.74, 6) is 0.0625. The molecule has 0 bridgehead atoms. The van der Waals surface area contributed by atoms with Crippen LogP contribution in [-0.4, -0.2) is 11.8 Å². The Hall–Kier alpha value is -2.09.